The van der Waals surface area contributed by atoms with Gasteiger partial charge in [-0.25, -0.2) is 13.2 Å². The van der Waals surface area contributed by atoms with E-state index in [9.17, 15) is 18.0 Å². The summed E-state index contributed by atoms with van der Waals surface area (Å²) in [6, 6.07) is 11.7. The van der Waals surface area contributed by atoms with Gasteiger partial charge in [-0.05, 0) is 49.6 Å². The molecule has 0 aliphatic carbocycles. The zero-order valence-electron chi connectivity index (χ0n) is 16.3. The van der Waals surface area contributed by atoms with Gasteiger partial charge in [0, 0.05) is 0 Å². The first-order chi connectivity index (χ1) is 13.1. The van der Waals surface area contributed by atoms with Crippen molar-refractivity contribution in [2.45, 2.75) is 26.8 Å². The first kappa shape index (κ1) is 21.4. The van der Waals surface area contributed by atoms with Gasteiger partial charge in [-0.1, -0.05) is 30.3 Å². The van der Waals surface area contributed by atoms with E-state index in [0.29, 0.717) is 0 Å². The summed E-state index contributed by atoms with van der Waals surface area (Å²) in [6.07, 6.45) is 0.983. The summed E-state index contributed by atoms with van der Waals surface area (Å²) in [4.78, 5) is 24.4. The first-order valence-corrected chi connectivity index (χ1v) is 10.6. The fraction of sp³-hybridized carbons (Fsp3) is 0.300. The van der Waals surface area contributed by atoms with Crippen LogP contribution in [0.2, 0.25) is 0 Å². The van der Waals surface area contributed by atoms with Crippen LogP contribution in [0.5, 0.6) is 0 Å². The molecule has 150 valence electrons. The van der Waals surface area contributed by atoms with Crippen molar-refractivity contribution in [3.63, 3.8) is 0 Å². The molecular formula is C20H24N2O5S. The molecule has 28 heavy (non-hydrogen) atoms. The van der Waals surface area contributed by atoms with Crippen molar-refractivity contribution >= 4 is 27.6 Å². The number of esters is 1. The molecule has 0 aromatic heterocycles. The SMILES string of the molecule is Cc1ccc([C@H](C)NC(=O)COC(=O)c2ccccc2NS(C)(=O)=O)cc1C. The zero-order chi connectivity index (χ0) is 20.9. The highest BCUT2D eigenvalue weighted by molar-refractivity contribution is 7.92. The van der Waals surface area contributed by atoms with Gasteiger partial charge in [-0.15, -0.1) is 0 Å². The van der Waals surface area contributed by atoms with Crippen LogP contribution in [0.3, 0.4) is 0 Å². The molecule has 1 amide bonds. The van der Waals surface area contributed by atoms with Crippen LogP contribution in [0.1, 0.15) is 40.0 Å². The van der Waals surface area contributed by atoms with Gasteiger partial charge in [-0.2, -0.15) is 0 Å². The molecule has 0 fully saturated rings. The Morgan fingerprint density at radius 1 is 1.07 bits per heavy atom. The van der Waals surface area contributed by atoms with E-state index >= 15 is 0 Å². The number of hydrogen-bond donors (Lipinski definition) is 2. The lowest BCUT2D eigenvalue weighted by molar-refractivity contribution is -0.124. The van der Waals surface area contributed by atoms with E-state index in [-0.39, 0.29) is 17.3 Å². The molecule has 0 saturated heterocycles. The molecule has 2 aromatic rings. The maximum atomic E-state index is 12.3. The van der Waals surface area contributed by atoms with Gasteiger partial charge >= 0.3 is 5.97 Å². The number of carbonyl (C=O) groups excluding carboxylic acids is 2. The van der Waals surface area contributed by atoms with E-state index in [2.05, 4.69) is 10.0 Å². The average Bonchev–Trinajstić information content (AvgIpc) is 2.61. The van der Waals surface area contributed by atoms with E-state index < -0.39 is 28.5 Å². The van der Waals surface area contributed by atoms with Gasteiger partial charge in [0.25, 0.3) is 5.91 Å². The van der Waals surface area contributed by atoms with Crippen molar-refractivity contribution in [3.05, 3.63) is 64.7 Å². The molecule has 8 heteroatoms. The van der Waals surface area contributed by atoms with Crippen LogP contribution in [0.25, 0.3) is 0 Å². The maximum absolute atomic E-state index is 12.3. The largest absolute Gasteiger partial charge is 0.452 e. The van der Waals surface area contributed by atoms with Crippen molar-refractivity contribution in [2.75, 3.05) is 17.6 Å². The Morgan fingerprint density at radius 2 is 1.75 bits per heavy atom. The second-order valence-corrected chi connectivity index (χ2v) is 8.38. The first-order valence-electron chi connectivity index (χ1n) is 8.67. The maximum Gasteiger partial charge on any atom is 0.340 e. The van der Waals surface area contributed by atoms with E-state index in [1.54, 1.807) is 12.1 Å². The number of nitrogens with one attached hydrogen (secondary N) is 2. The van der Waals surface area contributed by atoms with E-state index in [0.717, 1.165) is 22.9 Å². The molecular weight excluding hydrogens is 380 g/mol. The summed E-state index contributed by atoms with van der Waals surface area (Å²) in [5.41, 5.74) is 3.37. The number of anilines is 1. The number of carbonyl (C=O) groups is 2. The molecule has 7 nitrogen and oxygen atoms in total. The fourth-order valence-corrected chi connectivity index (χ4v) is 3.14. The predicted octanol–water partition coefficient (Wildman–Crippen LogP) is 2.71. The van der Waals surface area contributed by atoms with Gasteiger partial charge < -0.3 is 10.1 Å². The van der Waals surface area contributed by atoms with Gasteiger partial charge in [0.2, 0.25) is 10.0 Å². The lowest BCUT2D eigenvalue weighted by Gasteiger charge is -2.16. The molecule has 0 unspecified atom stereocenters. The number of benzene rings is 2. The molecule has 2 N–H and O–H groups in total. The molecule has 0 saturated carbocycles. The summed E-state index contributed by atoms with van der Waals surface area (Å²) in [6.45, 7) is 5.38. The van der Waals surface area contributed by atoms with E-state index in [1.807, 2.05) is 39.0 Å². The van der Waals surface area contributed by atoms with Gasteiger partial charge in [0.1, 0.15) is 0 Å². The molecule has 0 aliphatic rings. The number of ether oxygens (including phenoxy) is 1. The standard InChI is InChI=1S/C20H24N2O5S/c1-13-9-10-16(11-14(13)2)15(3)21-19(23)12-27-20(24)17-7-5-6-8-18(17)22-28(4,25)26/h5-11,15,22H,12H2,1-4H3,(H,21,23)/t15-/m0/s1. The molecule has 0 aliphatic heterocycles. The normalized spacial score (nSPS) is 12.1. The fourth-order valence-electron chi connectivity index (χ4n) is 2.56. The highest BCUT2D eigenvalue weighted by atomic mass is 32.2. The third-order valence-electron chi connectivity index (χ3n) is 4.19. The van der Waals surface area contributed by atoms with Crippen molar-refractivity contribution in [2.24, 2.45) is 0 Å². The van der Waals surface area contributed by atoms with Gasteiger partial charge in [0.05, 0.1) is 23.5 Å². The molecule has 0 heterocycles. The van der Waals surface area contributed by atoms with Gasteiger partial charge in [-0.3, -0.25) is 9.52 Å². The predicted molar refractivity (Wildman–Crippen MR) is 108 cm³/mol. The number of para-hydroxylation sites is 1. The van der Waals surface area contributed by atoms with Crippen molar-refractivity contribution in [1.82, 2.24) is 5.32 Å². The molecule has 0 bridgehead atoms. The van der Waals surface area contributed by atoms with Crippen LogP contribution < -0.4 is 10.0 Å². The number of sulfonamides is 1. The second kappa shape index (κ2) is 8.88. The lowest BCUT2D eigenvalue weighted by Crippen LogP contribution is -2.31. The third kappa shape index (κ3) is 6.09. The average molecular weight is 404 g/mol. The molecule has 2 aromatic carbocycles. The highest BCUT2D eigenvalue weighted by Crippen LogP contribution is 2.18. The Bertz CT molecular complexity index is 986. The summed E-state index contributed by atoms with van der Waals surface area (Å²) in [5, 5.41) is 2.77. The number of aryl methyl sites for hydroxylation is 2. The van der Waals surface area contributed by atoms with Crippen molar-refractivity contribution in [3.8, 4) is 0 Å². The summed E-state index contributed by atoms with van der Waals surface area (Å²) < 4.78 is 30.1. The molecule has 2 rings (SSSR count). The highest BCUT2D eigenvalue weighted by Gasteiger charge is 2.17. The summed E-state index contributed by atoms with van der Waals surface area (Å²) in [5.74, 6) is -1.24. The number of rotatable bonds is 7. The third-order valence-corrected chi connectivity index (χ3v) is 4.78. The molecule has 1 atom stereocenters. The summed E-state index contributed by atoms with van der Waals surface area (Å²) in [7, 11) is -3.55. The van der Waals surface area contributed by atoms with Crippen LogP contribution in [0.15, 0.2) is 42.5 Å². The van der Waals surface area contributed by atoms with Crippen molar-refractivity contribution < 1.29 is 22.7 Å². The van der Waals surface area contributed by atoms with Crippen LogP contribution >= 0.6 is 0 Å². The minimum absolute atomic E-state index is 0.0305. The number of amides is 1. The summed E-state index contributed by atoms with van der Waals surface area (Å²) >= 11 is 0. The molecule has 0 radical (unpaired) electrons. The van der Waals surface area contributed by atoms with E-state index in [1.165, 1.54) is 12.1 Å². The Kier molecular flexibility index (Phi) is 6.80. The van der Waals surface area contributed by atoms with E-state index in [4.69, 9.17) is 4.74 Å². The quantitative estimate of drug-likeness (QED) is 0.691. The van der Waals surface area contributed by atoms with Crippen LogP contribution in [-0.2, 0) is 19.6 Å². The van der Waals surface area contributed by atoms with Gasteiger partial charge in [0.15, 0.2) is 6.61 Å². The Balaban J connectivity index is 1.97. The second-order valence-electron chi connectivity index (χ2n) is 6.63. The van der Waals surface area contributed by atoms with Crippen molar-refractivity contribution in [1.29, 1.82) is 0 Å². The minimum atomic E-state index is -3.55. The molecule has 0 spiro atoms. The monoisotopic (exact) mass is 404 g/mol. The van der Waals surface area contributed by atoms with Crippen LogP contribution in [-0.4, -0.2) is 33.2 Å². The zero-order valence-corrected chi connectivity index (χ0v) is 17.1. The Labute approximate surface area is 165 Å². The Hall–Kier alpha value is -2.87. The number of hydrogen-bond acceptors (Lipinski definition) is 5. The van der Waals surface area contributed by atoms with Crippen LogP contribution in [0.4, 0.5) is 5.69 Å². The lowest BCUT2D eigenvalue weighted by atomic mass is 10.0. The smallest absolute Gasteiger partial charge is 0.340 e. The topological polar surface area (TPSA) is 102 Å². The minimum Gasteiger partial charge on any atom is -0.452 e. The van der Waals surface area contributed by atoms with Crippen LogP contribution in [0, 0.1) is 13.8 Å². The Morgan fingerprint density at radius 3 is 2.39 bits per heavy atom.